The van der Waals surface area contributed by atoms with Crippen LogP contribution in [0.4, 0.5) is 0 Å². The second-order valence-corrected chi connectivity index (χ2v) is 6.18. The second-order valence-electron chi connectivity index (χ2n) is 6.18. The van der Waals surface area contributed by atoms with Gasteiger partial charge in [0, 0.05) is 12.5 Å². The van der Waals surface area contributed by atoms with Gasteiger partial charge in [0.25, 0.3) is 0 Å². The van der Waals surface area contributed by atoms with Crippen LogP contribution in [0.25, 0.3) is 6.08 Å². The Morgan fingerprint density at radius 1 is 1.36 bits per heavy atom. The van der Waals surface area contributed by atoms with Gasteiger partial charge in [0.05, 0.1) is 38.8 Å². The molecule has 1 aromatic heterocycles. The predicted octanol–water partition coefficient (Wildman–Crippen LogP) is 2.99. The molecule has 25 heavy (non-hydrogen) atoms. The molecule has 0 aliphatic heterocycles. The molecule has 1 unspecified atom stereocenters. The maximum atomic E-state index is 11.1. The largest absolute Gasteiger partial charge is 0.493 e. The molecule has 1 saturated carbocycles. The van der Waals surface area contributed by atoms with E-state index >= 15 is 0 Å². The van der Waals surface area contributed by atoms with Gasteiger partial charge in [0.1, 0.15) is 0 Å². The van der Waals surface area contributed by atoms with E-state index in [-0.39, 0.29) is 5.97 Å². The molecule has 1 aromatic rings. The number of carbonyl (C=O) groups excluding carboxylic acids is 1. The highest BCUT2D eigenvalue weighted by Gasteiger charge is 2.21. The van der Waals surface area contributed by atoms with Crippen LogP contribution < -0.4 is 9.47 Å². The average molecular weight is 349 g/mol. The van der Waals surface area contributed by atoms with E-state index in [2.05, 4.69) is 9.72 Å². The van der Waals surface area contributed by atoms with E-state index in [4.69, 9.17) is 9.47 Å². The van der Waals surface area contributed by atoms with Gasteiger partial charge in [-0.25, -0.2) is 0 Å². The summed E-state index contributed by atoms with van der Waals surface area (Å²) in [7, 11) is 2.93. The third-order valence-corrected chi connectivity index (χ3v) is 4.43. The lowest BCUT2D eigenvalue weighted by Gasteiger charge is -2.13. The number of hydrogen-bond donors (Lipinski definition) is 1. The number of aromatic nitrogens is 1. The molecule has 1 N–H and O–H groups in total. The van der Waals surface area contributed by atoms with Crippen molar-refractivity contribution in [2.75, 3.05) is 20.8 Å². The molecule has 6 nitrogen and oxygen atoms in total. The molecule has 0 spiro atoms. The van der Waals surface area contributed by atoms with Crippen LogP contribution in [0.15, 0.2) is 18.3 Å². The zero-order valence-corrected chi connectivity index (χ0v) is 14.9. The van der Waals surface area contributed by atoms with Crippen molar-refractivity contribution < 1.29 is 24.1 Å². The summed E-state index contributed by atoms with van der Waals surface area (Å²) in [6.07, 6.45) is 10.2. The highest BCUT2D eigenvalue weighted by Crippen LogP contribution is 2.29. The monoisotopic (exact) mass is 349 g/mol. The van der Waals surface area contributed by atoms with Crippen LogP contribution in [0.2, 0.25) is 0 Å². The van der Waals surface area contributed by atoms with Crippen LogP contribution in [0.1, 0.15) is 44.2 Å². The summed E-state index contributed by atoms with van der Waals surface area (Å²) in [6.45, 7) is 0.378. The van der Waals surface area contributed by atoms with E-state index < -0.39 is 6.10 Å². The van der Waals surface area contributed by atoms with E-state index in [1.165, 1.54) is 20.0 Å². The number of aliphatic hydroxyl groups is 1. The molecule has 6 heteroatoms. The Balaban J connectivity index is 1.90. The number of esters is 1. The molecule has 0 bridgehead atoms. The van der Waals surface area contributed by atoms with Gasteiger partial charge in [0.15, 0.2) is 11.5 Å². The molecule has 1 aliphatic carbocycles. The quantitative estimate of drug-likeness (QED) is 0.545. The van der Waals surface area contributed by atoms with E-state index in [0.717, 1.165) is 12.8 Å². The molecule has 1 atom stereocenters. The van der Waals surface area contributed by atoms with Crippen molar-refractivity contribution in [3.05, 3.63) is 24.0 Å². The summed E-state index contributed by atoms with van der Waals surface area (Å²) in [5.74, 6) is 1.20. The SMILES string of the molecule is COC(=O)CCCOc1cnc(/C=C/C(O)C2CCCC2)cc1OC. The van der Waals surface area contributed by atoms with Gasteiger partial charge in [0.2, 0.25) is 0 Å². The minimum Gasteiger partial charge on any atom is -0.493 e. The highest BCUT2D eigenvalue weighted by molar-refractivity contribution is 5.69. The number of carbonyl (C=O) groups is 1. The van der Waals surface area contributed by atoms with Crippen LogP contribution in [0, 0.1) is 5.92 Å². The summed E-state index contributed by atoms with van der Waals surface area (Å²) < 4.78 is 15.5. The number of pyridine rings is 1. The number of nitrogens with zero attached hydrogens (tertiary/aromatic N) is 1. The lowest BCUT2D eigenvalue weighted by molar-refractivity contribution is -0.140. The van der Waals surface area contributed by atoms with Gasteiger partial charge < -0.3 is 19.3 Å². The van der Waals surface area contributed by atoms with Crippen LogP contribution >= 0.6 is 0 Å². The maximum absolute atomic E-state index is 11.1. The Kier molecular flexibility index (Phi) is 7.73. The molecule has 1 fully saturated rings. The predicted molar refractivity (Wildman–Crippen MR) is 94.5 cm³/mol. The molecule has 0 amide bonds. The minimum atomic E-state index is -0.426. The van der Waals surface area contributed by atoms with Crippen molar-refractivity contribution in [2.45, 2.75) is 44.6 Å². The summed E-state index contributed by atoms with van der Waals surface area (Å²) >= 11 is 0. The molecular weight excluding hydrogens is 322 g/mol. The number of rotatable bonds is 9. The lowest BCUT2D eigenvalue weighted by atomic mass is 10.0. The number of ether oxygens (including phenoxy) is 3. The van der Waals surface area contributed by atoms with Crippen LogP contribution in [-0.2, 0) is 9.53 Å². The fourth-order valence-corrected chi connectivity index (χ4v) is 2.95. The van der Waals surface area contributed by atoms with Crippen LogP contribution in [-0.4, -0.2) is 43.0 Å². The number of methoxy groups -OCH3 is 2. The molecule has 1 heterocycles. The van der Waals surface area contributed by atoms with E-state index in [0.29, 0.717) is 42.6 Å². The topological polar surface area (TPSA) is 77.9 Å². The Hall–Kier alpha value is -2.08. The fourth-order valence-electron chi connectivity index (χ4n) is 2.95. The average Bonchev–Trinajstić information content (AvgIpc) is 3.18. The summed E-state index contributed by atoms with van der Waals surface area (Å²) in [5, 5.41) is 10.2. The van der Waals surface area contributed by atoms with Crippen molar-refractivity contribution in [2.24, 2.45) is 5.92 Å². The van der Waals surface area contributed by atoms with Gasteiger partial charge in [-0.15, -0.1) is 0 Å². The molecule has 2 rings (SSSR count). The Morgan fingerprint density at radius 2 is 2.12 bits per heavy atom. The molecule has 0 aromatic carbocycles. The molecule has 0 saturated heterocycles. The summed E-state index contributed by atoms with van der Waals surface area (Å²) in [5.41, 5.74) is 0.704. The molecule has 0 radical (unpaired) electrons. The first kappa shape index (κ1) is 19.2. The third-order valence-electron chi connectivity index (χ3n) is 4.43. The van der Waals surface area contributed by atoms with Crippen LogP contribution in [0.5, 0.6) is 11.5 Å². The van der Waals surface area contributed by atoms with E-state index in [1.54, 1.807) is 25.4 Å². The van der Waals surface area contributed by atoms with Gasteiger partial charge in [-0.05, 0) is 31.3 Å². The Bertz CT molecular complexity index is 581. The first-order valence-electron chi connectivity index (χ1n) is 8.74. The maximum Gasteiger partial charge on any atom is 0.305 e. The van der Waals surface area contributed by atoms with Gasteiger partial charge in [-0.1, -0.05) is 18.9 Å². The standard InChI is InChI=1S/C19H27NO5/c1-23-17-12-15(9-10-16(21)14-6-3-4-7-14)20-13-18(17)25-11-5-8-19(22)24-2/h9-10,12-14,16,21H,3-8,11H2,1-2H3/b10-9+. The fraction of sp³-hybridized carbons (Fsp3) is 0.579. The normalized spacial score (nSPS) is 16.1. The Labute approximate surface area is 148 Å². The van der Waals surface area contributed by atoms with Crippen molar-refractivity contribution in [1.29, 1.82) is 0 Å². The zero-order chi connectivity index (χ0) is 18.1. The molecule has 138 valence electrons. The van der Waals surface area contributed by atoms with Crippen molar-refractivity contribution in [3.8, 4) is 11.5 Å². The number of aliphatic hydroxyl groups excluding tert-OH is 1. The van der Waals surface area contributed by atoms with Gasteiger partial charge in [-0.2, -0.15) is 0 Å². The number of hydrogen-bond acceptors (Lipinski definition) is 6. The first-order valence-corrected chi connectivity index (χ1v) is 8.74. The third kappa shape index (κ3) is 6.05. The molecular formula is C19H27NO5. The van der Waals surface area contributed by atoms with Crippen molar-refractivity contribution in [1.82, 2.24) is 4.98 Å². The minimum absolute atomic E-state index is 0.255. The lowest BCUT2D eigenvalue weighted by Crippen LogP contribution is -2.14. The van der Waals surface area contributed by atoms with Crippen LogP contribution in [0.3, 0.4) is 0 Å². The first-order chi connectivity index (χ1) is 12.1. The van der Waals surface area contributed by atoms with Gasteiger partial charge >= 0.3 is 5.97 Å². The zero-order valence-electron chi connectivity index (χ0n) is 14.9. The van der Waals surface area contributed by atoms with Crippen molar-refractivity contribution in [3.63, 3.8) is 0 Å². The van der Waals surface area contributed by atoms with Crippen molar-refractivity contribution >= 4 is 12.0 Å². The highest BCUT2D eigenvalue weighted by atomic mass is 16.5. The van der Waals surface area contributed by atoms with Gasteiger partial charge in [-0.3, -0.25) is 9.78 Å². The van der Waals surface area contributed by atoms with E-state index in [9.17, 15) is 9.90 Å². The summed E-state index contributed by atoms with van der Waals surface area (Å²) in [6, 6.07) is 1.77. The summed E-state index contributed by atoms with van der Waals surface area (Å²) in [4.78, 5) is 15.4. The Morgan fingerprint density at radius 3 is 2.80 bits per heavy atom. The molecule has 1 aliphatic rings. The second kappa shape index (κ2) is 10.0. The smallest absolute Gasteiger partial charge is 0.305 e. The van der Waals surface area contributed by atoms with E-state index in [1.807, 2.05) is 6.08 Å².